The third-order valence-corrected chi connectivity index (χ3v) is 7.96. The van der Waals surface area contributed by atoms with Crippen molar-refractivity contribution in [3.05, 3.63) is 64.5 Å². The lowest BCUT2D eigenvalue weighted by Crippen LogP contribution is -2.38. The molecule has 0 radical (unpaired) electrons. The van der Waals surface area contributed by atoms with Gasteiger partial charge in [-0.3, -0.25) is 4.79 Å². The lowest BCUT2D eigenvalue weighted by molar-refractivity contribution is 0.0916. The molecule has 0 aliphatic carbocycles. The number of benzene rings is 2. The van der Waals surface area contributed by atoms with Crippen LogP contribution in [0.5, 0.6) is 0 Å². The number of carbonyl (C=O) groups excluding carboxylic acids is 1. The van der Waals surface area contributed by atoms with E-state index >= 15 is 0 Å². The highest BCUT2D eigenvalue weighted by Gasteiger charge is 2.30. The second-order valence-corrected chi connectivity index (χ2v) is 10.2. The summed E-state index contributed by atoms with van der Waals surface area (Å²) in [5.41, 5.74) is 1.87. The molecule has 1 atom stereocenters. The molecule has 31 heavy (non-hydrogen) atoms. The van der Waals surface area contributed by atoms with Crippen LogP contribution >= 0.6 is 0 Å². The van der Waals surface area contributed by atoms with Crippen LogP contribution in [0.4, 0.5) is 4.39 Å². The highest BCUT2D eigenvalue weighted by Crippen LogP contribution is 2.28. The van der Waals surface area contributed by atoms with E-state index in [0.29, 0.717) is 35.7 Å². The fourth-order valence-electron chi connectivity index (χ4n) is 3.71. The average Bonchev–Trinajstić information content (AvgIpc) is 2.73. The number of piperidine rings is 1. The third-order valence-electron chi connectivity index (χ3n) is 5.93. The number of aliphatic hydroxyl groups is 1. The maximum Gasteiger partial charge on any atom is 0.251 e. The van der Waals surface area contributed by atoms with Crippen LogP contribution in [-0.4, -0.2) is 43.4 Å². The molecule has 1 saturated heterocycles. The summed E-state index contributed by atoms with van der Waals surface area (Å²) in [6.07, 6.45) is 0.551. The highest BCUT2D eigenvalue weighted by atomic mass is 32.2. The van der Waals surface area contributed by atoms with Gasteiger partial charge in [-0.25, -0.2) is 12.8 Å². The fourth-order valence-corrected chi connectivity index (χ4v) is 5.51. The minimum atomic E-state index is -3.71. The maximum absolute atomic E-state index is 13.3. The van der Waals surface area contributed by atoms with E-state index in [1.807, 2.05) is 0 Å². The molecule has 0 saturated carbocycles. The average molecular weight is 449 g/mol. The third kappa shape index (κ3) is 5.31. The molecule has 6 nitrogen and oxygen atoms in total. The Labute approximate surface area is 183 Å². The van der Waals surface area contributed by atoms with Gasteiger partial charge in [0.05, 0.1) is 11.0 Å². The Morgan fingerprint density at radius 2 is 1.90 bits per heavy atom. The van der Waals surface area contributed by atoms with Crippen molar-refractivity contribution < 1.29 is 22.7 Å². The summed E-state index contributed by atoms with van der Waals surface area (Å²) in [4.78, 5) is 12.8. The Morgan fingerprint density at radius 3 is 2.55 bits per heavy atom. The summed E-state index contributed by atoms with van der Waals surface area (Å²) in [7, 11) is -3.71. The van der Waals surface area contributed by atoms with Gasteiger partial charge in [-0.05, 0) is 73.6 Å². The van der Waals surface area contributed by atoms with Crippen molar-refractivity contribution in [3.8, 4) is 0 Å². The van der Waals surface area contributed by atoms with Crippen molar-refractivity contribution >= 4 is 15.9 Å². The molecule has 2 aromatic rings. The van der Waals surface area contributed by atoms with Crippen LogP contribution in [0.25, 0.3) is 0 Å². The van der Waals surface area contributed by atoms with Crippen molar-refractivity contribution in [3.63, 3.8) is 0 Å². The van der Waals surface area contributed by atoms with Gasteiger partial charge in [0.2, 0.25) is 10.0 Å². The number of aryl methyl sites for hydroxylation is 1. The summed E-state index contributed by atoms with van der Waals surface area (Å²) >= 11 is 0. The maximum atomic E-state index is 13.3. The number of hydrogen-bond donors (Lipinski definition) is 2. The van der Waals surface area contributed by atoms with E-state index in [1.165, 1.54) is 28.6 Å². The van der Waals surface area contributed by atoms with Crippen LogP contribution in [0.3, 0.4) is 0 Å². The molecule has 0 aromatic heterocycles. The Hall–Kier alpha value is -2.29. The molecule has 1 aliphatic rings. The van der Waals surface area contributed by atoms with E-state index in [2.05, 4.69) is 12.2 Å². The molecule has 1 unspecified atom stereocenters. The van der Waals surface area contributed by atoms with Crippen molar-refractivity contribution in [1.29, 1.82) is 0 Å². The highest BCUT2D eigenvalue weighted by molar-refractivity contribution is 7.89. The molecule has 1 fully saturated rings. The molecular formula is C23H29FN2O4S. The Bertz CT molecular complexity index is 1060. The predicted molar refractivity (Wildman–Crippen MR) is 117 cm³/mol. The largest absolute Gasteiger partial charge is 0.387 e. The van der Waals surface area contributed by atoms with E-state index < -0.39 is 27.9 Å². The lowest BCUT2D eigenvalue weighted by Gasteiger charge is -2.30. The number of aliphatic hydroxyl groups excluding tert-OH is 1. The number of halogens is 1. The number of hydrogen-bond acceptors (Lipinski definition) is 4. The smallest absolute Gasteiger partial charge is 0.251 e. The van der Waals surface area contributed by atoms with Gasteiger partial charge in [0.1, 0.15) is 5.82 Å². The fraction of sp³-hybridized carbons (Fsp3) is 0.435. The molecule has 0 bridgehead atoms. The van der Waals surface area contributed by atoms with Crippen molar-refractivity contribution in [2.75, 3.05) is 19.6 Å². The number of nitrogens with zero attached hydrogens (tertiary/aromatic N) is 1. The number of sulfonamides is 1. The Kier molecular flexibility index (Phi) is 7.13. The predicted octanol–water partition coefficient (Wildman–Crippen LogP) is 3.33. The molecule has 1 heterocycles. The molecule has 2 aromatic carbocycles. The Morgan fingerprint density at radius 1 is 1.23 bits per heavy atom. The summed E-state index contributed by atoms with van der Waals surface area (Å²) in [5, 5.41) is 12.8. The van der Waals surface area contributed by atoms with Gasteiger partial charge >= 0.3 is 0 Å². The summed E-state index contributed by atoms with van der Waals surface area (Å²) in [6, 6.07) is 8.57. The van der Waals surface area contributed by atoms with Crippen molar-refractivity contribution in [2.24, 2.45) is 5.92 Å². The second kappa shape index (κ2) is 9.46. The molecule has 3 rings (SSSR count). The first-order valence-electron chi connectivity index (χ1n) is 10.4. The number of amides is 1. The molecular weight excluding hydrogens is 419 g/mol. The van der Waals surface area contributed by atoms with Gasteiger partial charge < -0.3 is 10.4 Å². The van der Waals surface area contributed by atoms with Crippen LogP contribution < -0.4 is 5.32 Å². The topological polar surface area (TPSA) is 86.7 Å². The zero-order chi connectivity index (χ0) is 22.8. The first-order chi connectivity index (χ1) is 14.6. The van der Waals surface area contributed by atoms with Gasteiger partial charge in [-0.1, -0.05) is 19.1 Å². The molecule has 1 amide bonds. The van der Waals surface area contributed by atoms with Crippen LogP contribution in [0.1, 0.15) is 52.9 Å². The summed E-state index contributed by atoms with van der Waals surface area (Å²) < 4.78 is 41.3. The van der Waals surface area contributed by atoms with Crippen LogP contribution in [0, 0.1) is 25.6 Å². The summed E-state index contributed by atoms with van der Waals surface area (Å²) in [6.45, 7) is 6.44. The molecule has 0 spiro atoms. The monoisotopic (exact) mass is 448 g/mol. The standard InChI is InChI=1S/C23H29FN2O4S/c1-15-7-9-26(10-8-15)31(29,30)22-13-19(11-16(2)17(22)3)23(28)25-14-21(27)18-5-4-6-20(24)12-18/h4-6,11-13,15,21,27H,7-10,14H2,1-3H3,(H,25,28). The number of nitrogens with one attached hydrogen (secondary N) is 1. The zero-order valence-electron chi connectivity index (χ0n) is 18.1. The quantitative estimate of drug-likeness (QED) is 0.710. The SMILES string of the molecule is Cc1cc(C(=O)NCC(O)c2cccc(F)c2)cc(S(=O)(=O)N2CCC(C)CC2)c1C. The Balaban J connectivity index is 1.79. The second-order valence-electron chi connectivity index (χ2n) is 8.28. The van der Waals surface area contributed by atoms with E-state index in [9.17, 15) is 22.7 Å². The molecule has 168 valence electrons. The number of rotatable bonds is 6. The van der Waals surface area contributed by atoms with Gasteiger partial charge in [-0.2, -0.15) is 4.31 Å². The molecule has 2 N–H and O–H groups in total. The normalized spacial score (nSPS) is 16.8. The van der Waals surface area contributed by atoms with Crippen molar-refractivity contribution in [2.45, 2.75) is 44.6 Å². The summed E-state index contributed by atoms with van der Waals surface area (Å²) in [5.74, 6) is -0.475. The first-order valence-corrected chi connectivity index (χ1v) is 11.9. The van der Waals surface area contributed by atoms with Gasteiger partial charge in [0.25, 0.3) is 5.91 Å². The minimum Gasteiger partial charge on any atom is -0.387 e. The molecule has 1 aliphatic heterocycles. The molecule has 8 heteroatoms. The minimum absolute atomic E-state index is 0.124. The first kappa shape index (κ1) is 23.4. The van der Waals surface area contributed by atoms with E-state index in [1.54, 1.807) is 26.0 Å². The van der Waals surface area contributed by atoms with Gasteiger partial charge in [0, 0.05) is 25.2 Å². The van der Waals surface area contributed by atoms with Gasteiger partial charge in [0.15, 0.2) is 0 Å². The zero-order valence-corrected chi connectivity index (χ0v) is 18.9. The van der Waals surface area contributed by atoms with Crippen LogP contribution in [-0.2, 0) is 10.0 Å². The lowest BCUT2D eigenvalue weighted by atomic mass is 10.0. The van der Waals surface area contributed by atoms with Gasteiger partial charge in [-0.15, -0.1) is 0 Å². The van der Waals surface area contributed by atoms with Crippen molar-refractivity contribution in [1.82, 2.24) is 9.62 Å². The van der Waals surface area contributed by atoms with E-state index in [4.69, 9.17) is 0 Å². The van der Waals surface area contributed by atoms with Crippen LogP contribution in [0.2, 0.25) is 0 Å². The van der Waals surface area contributed by atoms with Crippen LogP contribution in [0.15, 0.2) is 41.3 Å². The van der Waals surface area contributed by atoms with E-state index in [0.717, 1.165) is 12.8 Å². The number of carbonyl (C=O) groups is 1. The van der Waals surface area contributed by atoms with E-state index in [-0.39, 0.29) is 17.0 Å².